The molecular formula is C9H16O3S. The van der Waals surface area contributed by atoms with E-state index in [-0.39, 0.29) is 12.4 Å². The van der Waals surface area contributed by atoms with Crippen molar-refractivity contribution in [2.24, 2.45) is 0 Å². The van der Waals surface area contributed by atoms with E-state index in [1.54, 1.807) is 18.7 Å². The minimum absolute atomic E-state index is 0.137. The first-order valence-corrected chi connectivity index (χ1v) is 5.60. The van der Waals surface area contributed by atoms with Crippen LogP contribution in [0.1, 0.15) is 26.7 Å². The molecule has 1 aliphatic rings. The molecule has 1 fully saturated rings. The summed E-state index contributed by atoms with van der Waals surface area (Å²) in [5.41, 5.74) is -0.823. The Kier molecular flexibility index (Phi) is 3.62. The van der Waals surface area contributed by atoms with Gasteiger partial charge in [-0.1, -0.05) is 6.92 Å². The fraction of sp³-hybridized carbons (Fsp3) is 0.889. The number of esters is 1. The van der Waals surface area contributed by atoms with E-state index in [0.29, 0.717) is 24.0 Å². The van der Waals surface area contributed by atoms with Crippen LogP contribution in [0.4, 0.5) is 0 Å². The number of thioether (sulfide) groups is 1. The standard InChI is InChI=1S/C9H16O3S/c1-3-12-8(10)5-9(11)4-7(2)13-6-9/h7,11H,3-6H2,1-2H3. The molecule has 0 aromatic rings. The highest BCUT2D eigenvalue weighted by Crippen LogP contribution is 2.36. The summed E-state index contributed by atoms with van der Waals surface area (Å²) < 4.78 is 4.80. The Morgan fingerprint density at radius 3 is 2.92 bits per heavy atom. The summed E-state index contributed by atoms with van der Waals surface area (Å²) in [7, 11) is 0. The van der Waals surface area contributed by atoms with E-state index in [1.165, 1.54) is 0 Å². The van der Waals surface area contributed by atoms with Gasteiger partial charge < -0.3 is 9.84 Å². The topological polar surface area (TPSA) is 46.5 Å². The quantitative estimate of drug-likeness (QED) is 0.702. The molecule has 0 amide bonds. The Hall–Kier alpha value is -0.220. The molecule has 4 heteroatoms. The minimum atomic E-state index is -0.823. The van der Waals surface area contributed by atoms with Gasteiger partial charge in [0.15, 0.2) is 0 Å². The SMILES string of the molecule is CCOC(=O)CC1(O)CSC(C)C1. The van der Waals surface area contributed by atoms with E-state index in [0.717, 1.165) is 0 Å². The summed E-state index contributed by atoms with van der Waals surface area (Å²) in [4.78, 5) is 11.1. The summed E-state index contributed by atoms with van der Waals surface area (Å²) in [6.07, 6.45) is 0.828. The van der Waals surface area contributed by atoms with Crippen molar-refractivity contribution in [3.63, 3.8) is 0 Å². The van der Waals surface area contributed by atoms with Crippen molar-refractivity contribution in [1.29, 1.82) is 0 Å². The van der Waals surface area contributed by atoms with Crippen LogP contribution in [-0.2, 0) is 9.53 Å². The third-order valence-corrected chi connectivity index (χ3v) is 3.52. The lowest BCUT2D eigenvalue weighted by atomic mass is 9.97. The van der Waals surface area contributed by atoms with Gasteiger partial charge >= 0.3 is 5.97 Å². The molecule has 0 aliphatic carbocycles. The first-order chi connectivity index (χ1) is 6.06. The number of aliphatic hydroxyl groups is 1. The van der Waals surface area contributed by atoms with Gasteiger partial charge in [-0.3, -0.25) is 4.79 Å². The molecule has 2 unspecified atom stereocenters. The molecule has 1 rings (SSSR count). The molecule has 1 aliphatic heterocycles. The highest BCUT2D eigenvalue weighted by molar-refractivity contribution is 8.00. The van der Waals surface area contributed by atoms with Crippen LogP contribution in [-0.4, -0.2) is 34.3 Å². The number of carbonyl (C=O) groups is 1. The van der Waals surface area contributed by atoms with Gasteiger partial charge in [-0.2, -0.15) is 11.8 Å². The molecule has 3 nitrogen and oxygen atoms in total. The second-order valence-corrected chi connectivity index (χ2v) is 4.96. The van der Waals surface area contributed by atoms with Crippen LogP contribution >= 0.6 is 11.8 Å². The van der Waals surface area contributed by atoms with E-state index in [1.807, 2.05) is 0 Å². The Morgan fingerprint density at radius 1 is 1.77 bits per heavy atom. The van der Waals surface area contributed by atoms with Crippen LogP contribution in [0.5, 0.6) is 0 Å². The first kappa shape index (κ1) is 10.9. The summed E-state index contributed by atoms with van der Waals surface area (Å²) in [6.45, 7) is 4.22. The highest BCUT2D eigenvalue weighted by atomic mass is 32.2. The predicted octanol–water partition coefficient (Wildman–Crippen LogP) is 1.20. The van der Waals surface area contributed by atoms with Gasteiger partial charge in [-0.25, -0.2) is 0 Å². The number of hydrogen-bond donors (Lipinski definition) is 1. The van der Waals surface area contributed by atoms with Crippen LogP contribution in [0.3, 0.4) is 0 Å². The number of ether oxygens (including phenoxy) is 1. The zero-order valence-corrected chi connectivity index (χ0v) is 8.89. The average Bonchev–Trinajstić information content (AvgIpc) is 2.30. The molecular weight excluding hydrogens is 188 g/mol. The van der Waals surface area contributed by atoms with Crippen LogP contribution < -0.4 is 0 Å². The maximum Gasteiger partial charge on any atom is 0.308 e. The van der Waals surface area contributed by atoms with Crippen LogP contribution in [0.15, 0.2) is 0 Å². The van der Waals surface area contributed by atoms with Crippen LogP contribution in [0, 0.1) is 0 Å². The second-order valence-electron chi connectivity index (χ2n) is 3.53. The van der Waals surface area contributed by atoms with Crippen molar-refractivity contribution in [2.75, 3.05) is 12.4 Å². The summed E-state index contributed by atoms with van der Waals surface area (Å²) in [5.74, 6) is 0.354. The van der Waals surface area contributed by atoms with Crippen molar-refractivity contribution in [2.45, 2.75) is 37.5 Å². The van der Waals surface area contributed by atoms with E-state index in [2.05, 4.69) is 6.92 Å². The lowest BCUT2D eigenvalue weighted by Crippen LogP contribution is -2.32. The predicted molar refractivity (Wildman–Crippen MR) is 52.7 cm³/mol. The summed E-state index contributed by atoms with van der Waals surface area (Å²) >= 11 is 1.71. The van der Waals surface area contributed by atoms with Crippen molar-refractivity contribution >= 4 is 17.7 Å². The molecule has 0 bridgehead atoms. The van der Waals surface area contributed by atoms with E-state index in [4.69, 9.17) is 4.74 Å². The number of carbonyl (C=O) groups excluding carboxylic acids is 1. The van der Waals surface area contributed by atoms with Gasteiger partial charge in [0, 0.05) is 11.0 Å². The van der Waals surface area contributed by atoms with Crippen molar-refractivity contribution in [3.05, 3.63) is 0 Å². The molecule has 1 saturated heterocycles. The molecule has 13 heavy (non-hydrogen) atoms. The van der Waals surface area contributed by atoms with E-state index < -0.39 is 5.60 Å². The molecule has 0 aromatic carbocycles. The van der Waals surface area contributed by atoms with Gasteiger partial charge in [0.25, 0.3) is 0 Å². The van der Waals surface area contributed by atoms with Crippen molar-refractivity contribution < 1.29 is 14.6 Å². The van der Waals surface area contributed by atoms with Gasteiger partial charge in [0.05, 0.1) is 18.6 Å². The number of hydrogen-bond acceptors (Lipinski definition) is 4. The largest absolute Gasteiger partial charge is 0.466 e. The molecule has 76 valence electrons. The van der Waals surface area contributed by atoms with Gasteiger partial charge in [-0.05, 0) is 13.3 Å². The first-order valence-electron chi connectivity index (χ1n) is 4.55. The lowest BCUT2D eigenvalue weighted by Gasteiger charge is -2.19. The zero-order chi connectivity index (χ0) is 9.90. The molecule has 0 spiro atoms. The molecule has 2 atom stereocenters. The summed E-state index contributed by atoms with van der Waals surface area (Å²) in [5, 5.41) is 10.4. The monoisotopic (exact) mass is 204 g/mol. The normalized spacial score (nSPS) is 33.3. The molecule has 0 saturated carbocycles. The third-order valence-electron chi connectivity index (χ3n) is 2.08. The molecule has 0 aromatic heterocycles. The van der Waals surface area contributed by atoms with E-state index >= 15 is 0 Å². The van der Waals surface area contributed by atoms with Crippen molar-refractivity contribution in [1.82, 2.24) is 0 Å². The minimum Gasteiger partial charge on any atom is -0.466 e. The fourth-order valence-electron chi connectivity index (χ4n) is 1.55. The van der Waals surface area contributed by atoms with Gasteiger partial charge in [0.2, 0.25) is 0 Å². The lowest BCUT2D eigenvalue weighted by molar-refractivity contribution is -0.147. The zero-order valence-electron chi connectivity index (χ0n) is 8.08. The number of rotatable bonds is 3. The van der Waals surface area contributed by atoms with Crippen LogP contribution in [0.25, 0.3) is 0 Å². The fourth-order valence-corrected chi connectivity index (χ4v) is 2.80. The molecule has 0 radical (unpaired) electrons. The maximum absolute atomic E-state index is 11.1. The van der Waals surface area contributed by atoms with Crippen LogP contribution in [0.2, 0.25) is 0 Å². The maximum atomic E-state index is 11.1. The second kappa shape index (κ2) is 4.33. The highest BCUT2D eigenvalue weighted by Gasteiger charge is 2.38. The van der Waals surface area contributed by atoms with Gasteiger partial charge in [0.1, 0.15) is 0 Å². The Bertz CT molecular complexity index is 195. The Balaban J connectivity index is 2.39. The Morgan fingerprint density at radius 2 is 2.46 bits per heavy atom. The van der Waals surface area contributed by atoms with E-state index in [9.17, 15) is 9.90 Å². The van der Waals surface area contributed by atoms with Crippen molar-refractivity contribution in [3.8, 4) is 0 Å². The van der Waals surface area contributed by atoms with Gasteiger partial charge in [-0.15, -0.1) is 0 Å². The molecule has 1 N–H and O–H groups in total. The average molecular weight is 204 g/mol. The third kappa shape index (κ3) is 3.19. The smallest absolute Gasteiger partial charge is 0.308 e. The molecule has 1 heterocycles. The Labute approximate surface area is 82.8 Å². The summed E-state index contributed by atoms with van der Waals surface area (Å²) in [6, 6.07) is 0.